The number of hydrogen-bond donors (Lipinski definition) is 1. The Labute approximate surface area is 183 Å². The number of benzene rings is 2. The number of nitrogens with zero attached hydrogens (tertiary/aromatic N) is 2. The number of carbonyl (C=O) groups is 3. The molecule has 1 aliphatic rings. The van der Waals surface area contributed by atoms with Gasteiger partial charge in [0, 0.05) is 5.69 Å². The fourth-order valence-corrected chi connectivity index (χ4v) is 3.61. The van der Waals surface area contributed by atoms with E-state index in [1.54, 1.807) is 36.4 Å². The molecule has 0 bridgehead atoms. The Kier molecular flexibility index (Phi) is 6.95. The molecule has 0 atom stereocenters. The molecule has 158 valence electrons. The maximum Gasteiger partial charge on any atom is 0.294 e. The monoisotopic (exact) mass is 437 g/mol. The molecule has 1 aliphatic heterocycles. The second-order valence-corrected chi connectivity index (χ2v) is 7.53. The molecule has 0 spiro atoms. The summed E-state index contributed by atoms with van der Waals surface area (Å²) < 4.78 is 10.5. The Morgan fingerprint density at radius 3 is 2.61 bits per heavy atom. The molecule has 0 radical (unpaired) electrons. The van der Waals surface area contributed by atoms with Gasteiger partial charge >= 0.3 is 0 Å². The summed E-state index contributed by atoms with van der Waals surface area (Å²) in [6.07, 6.45) is 1.54. The van der Waals surface area contributed by atoms with Crippen LogP contribution in [-0.4, -0.2) is 42.2 Å². The lowest BCUT2D eigenvalue weighted by Crippen LogP contribution is -2.36. The van der Waals surface area contributed by atoms with Crippen molar-refractivity contribution < 1.29 is 23.9 Å². The Morgan fingerprint density at radius 2 is 1.94 bits per heavy atom. The van der Waals surface area contributed by atoms with Crippen LogP contribution in [0.4, 0.5) is 10.5 Å². The third kappa shape index (κ3) is 5.43. The van der Waals surface area contributed by atoms with E-state index < -0.39 is 17.1 Å². The minimum atomic E-state index is -0.544. The lowest BCUT2D eigenvalue weighted by Gasteiger charge is -2.12. The van der Waals surface area contributed by atoms with Crippen LogP contribution >= 0.6 is 11.8 Å². The summed E-state index contributed by atoms with van der Waals surface area (Å²) in [6.45, 7) is 1.43. The van der Waals surface area contributed by atoms with Gasteiger partial charge in [-0.2, -0.15) is 5.26 Å². The summed E-state index contributed by atoms with van der Waals surface area (Å²) >= 11 is 0.762. The summed E-state index contributed by atoms with van der Waals surface area (Å²) in [5.74, 6) is -0.228. The number of nitriles is 1. The molecule has 2 aromatic rings. The van der Waals surface area contributed by atoms with E-state index in [-0.39, 0.29) is 18.1 Å². The summed E-state index contributed by atoms with van der Waals surface area (Å²) in [6, 6.07) is 14.0. The number of nitrogens with one attached hydrogen (secondary N) is 1. The predicted molar refractivity (Wildman–Crippen MR) is 117 cm³/mol. The van der Waals surface area contributed by atoms with Crippen LogP contribution in [0.25, 0.3) is 6.08 Å². The molecule has 0 aromatic heterocycles. The molecule has 3 amide bonds. The summed E-state index contributed by atoms with van der Waals surface area (Å²) in [5, 5.41) is 10.8. The predicted octanol–water partition coefficient (Wildman–Crippen LogP) is 3.58. The van der Waals surface area contributed by atoms with Gasteiger partial charge < -0.3 is 14.8 Å². The van der Waals surface area contributed by atoms with Gasteiger partial charge in [0.1, 0.15) is 12.6 Å². The van der Waals surface area contributed by atoms with Gasteiger partial charge in [-0.1, -0.05) is 23.8 Å². The number of carbonyl (C=O) groups excluding carboxylic acids is 3. The minimum Gasteiger partial charge on any atom is -0.493 e. The van der Waals surface area contributed by atoms with E-state index in [1.165, 1.54) is 7.11 Å². The van der Waals surface area contributed by atoms with Crippen LogP contribution < -0.4 is 14.8 Å². The van der Waals surface area contributed by atoms with Gasteiger partial charge in [0.05, 0.1) is 12.0 Å². The van der Waals surface area contributed by atoms with Crippen molar-refractivity contribution in [1.29, 1.82) is 5.26 Å². The molecule has 2 aromatic carbocycles. The summed E-state index contributed by atoms with van der Waals surface area (Å²) in [4.78, 5) is 38.3. The van der Waals surface area contributed by atoms with E-state index >= 15 is 0 Å². The van der Waals surface area contributed by atoms with Crippen LogP contribution in [0.2, 0.25) is 0 Å². The Morgan fingerprint density at radius 1 is 1.19 bits per heavy atom. The van der Waals surface area contributed by atoms with Gasteiger partial charge in [0.2, 0.25) is 5.91 Å². The van der Waals surface area contributed by atoms with Crippen molar-refractivity contribution in [3.63, 3.8) is 0 Å². The molecular weight excluding hydrogens is 418 g/mol. The summed E-state index contributed by atoms with van der Waals surface area (Å²) in [5.41, 5.74) is 2.25. The standard InChI is InChI=1S/C22H19N3O5S/c1-14-3-6-16(7-4-14)24-20(26)13-25-21(27)19(31-22(25)28)12-15-5-8-17(30-10-9-23)18(11-15)29-2/h3-8,11-12H,10,13H2,1-2H3,(H,24,26)/b19-12-. The largest absolute Gasteiger partial charge is 0.493 e. The molecular formula is C22H19N3O5S. The SMILES string of the molecule is COc1cc(/C=C2\SC(=O)N(CC(=O)Nc3ccc(C)cc3)C2=O)ccc1OCC#N. The molecule has 1 fully saturated rings. The van der Waals surface area contributed by atoms with E-state index in [0.717, 1.165) is 22.2 Å². The number of ether oxygens (including phenoxy) is 2. The highest BCUT2D eigenvalue weighted by atomic mass is 32.2. The Bertz CT molecular complexity index is 1090. The number of amides is 3. The number of anilines is 1. The number of imide groups is 1. The molecule has 0 aliphatic carbocycles. The van der Waals surface area contributed by atoms with E-state index in [0.29, 0.717) is 22.7 Å². The first-order chi connectivity index (χ1) is 14.9. The third-order valence-corrected chi connectivity index (χ3v) is 5.20. The van der Waals surface area contributed by atoms with Crippen molar-refractivity contribution in [2.75, 3.05) is 25.6 Å². The highest BCUT2D eigenvalue weighted by Gasteiger charge is 2.36. The first-order valence-corrected chi connectivity index (χ1v) is 10.0. The smallest absolute Gasteiger partial charge is 0.294 e. The molecule has 0 saturated carbocycles. The van der Waals surface area contributed by atoms with E-state index in [9.17, 15) is 14.4 Å². The van der Waals surface area contributed by atoms with Gasteiger partial charge in [-0.3, -0.25) is 19.3 Å². The number of aryl methyl sites for hydroxylation is 1. The first kappa shape index (κ1) is 21.9. The van der Waals surface area contributed by atoms with Crippen molar-refractivity contribution in [3.05, 3.63) is 58.5 Å². The van der Waals surface area contributed by atoms with Crippen molar-refractivity contribution in [3.8, 4) is 17.6 Å². The number of hydrogen-bond acceptors (Lipinski definition) is 7. The molecule has 1 heterocycles. The molecule has 1 N–H and O–H groups in total. The average molecular weight is 437 g/mol. The zero-order chi connectivity index (χ0) is 22.4. The molecule has 0 unspecified atom stereocenters. The lowest BCUT2D eigenvalue weighted by atomic mass is 10.2. The van der Waals surface area contributed by atoms with Crippen molar-refractivity contribution in [2.24, 2.45) is 0 Å². The number of thioether (sulfide) groups is 1. The second kappa shape index (κ2) is 9.82. The third-order valence-electron chi connectivity index (χ3n) is 4.29. The van der Waals surface area contributed by atoms with Crippen LogP contribution in [0, 0.1) is 18.3 Å². The number of methoxy groups -OCH3 is 1. The average Bonchev–Trinajstić information content (AvgIpc) is 3.01. The number of rotatable bonds is 7. The minimum absolute atomic E-state index is 0.126. The van der Waals surface area contributed by atoms with Crippen LogP contribution in [0.5, 0.6) is 11.5 Å². The second-order valence-electron chi connectivity index (χ2n) is 6.54. The molecule has 9 heteroatoms. The topological polar surface area (TPSA) is 109 Å². The molecule has 1 saturated heterocycles. The summed E-state index contributed by atoms with van der Waals surface area (Å²) in [7, 11) is 1.46. The Hall–Kier alpha value is -3.77. The fourth-order valence-electron chi connectivity index (χ4n) is 2.77. The molecule has 31 heavy (non-hydrogen) atoms. The van der Waals surface area contributed by atoms with Crippen molar-refractivity contribution >= 4 is 40.6 Å². The lowest BCUT2D eigenvalue weighted by molar-refractivity contribution is -0.127. The van der Waals surface area contributed by atoms with E-state index in [1.807, 2.05) is 25.1 Å². The normalized spacial score (nSPS) is 14.5. The molecule has 8 nitrogen and oxygen atoms in total. The van der Waals surface area contributed by atoms with Crippen molar-refractivity contribution in [1.82, 2.24) is 4.90 Å². The van der Waals surface area contributed by atoms with E-state index in [4.69, 9.17) is 14.7 Å². The highest BCUT2D eigenvalue weighted by molar-refractivity contribution is 8.18. The molecule has 3 rings (SSSR count). The quantitative estimate of drug-likeness (QED) is 0.660. The zero-order valence-electron chi connectivity index (χ0n) is 16.9. The maximum absolute atomic E-state index is 12.7. The van der Waals surface area contributed by atoms with Gasteiger partial charge in [0.25, 0.3) is 11.1 Å². The van der Waals surface area contributed by atoms with Crippen LogP contribution in [0.15, 0.2) is 47.4 Å². The van der Waals surface area contributed by atoms with E-state index in [2.05, 4.69) is 5.32 Å². The van der Waals surface area contributed by atoms with Crippen LogP contribution in [0.1, 0.15) is 11.1 Å². The fraction of sp³-hybridized carbons (Fsp3) is 0.182. The maximum atomic E-state index is 12.7. The Balaban J connectivity index is 1.70. The van der Waals surface area contributed by atoms with Gasteiger partial charge in [-0.25, -0.2) is 0 Å². The van der Waals surface area contributed by atoms with Gasteiger partial charge in [-0.15, -0.1) is 0 Å². The van der Waals surface area contributed by atoms with Crippen LogP contribution in [0.3, 0.4) is 0 Å². The van der Waals surface area contributed by atoms with Crippen molar-refractivity contribution in [2.45, 2.75) is 6.92 Å². The van der Waals surface area contributed by atoms with Gasteiger partial charge in [0.15, 0.2) is 18.1 Å². The highest BCUT2D eigenvalue weighted by Crippen LogP contribution is 2.34. The van der Waals surface area contributed by atoms with Crippen LogP contribution in [-0.2, 0) is 9.59 Å². The first-order valence-electron chi connectivity index (χ1n) is 9.21. The zero-order valence-corrected chi connectivity index (χ0v) is 17.7. The van der Waals surface area contributed by atoms with Gasteiger partial charge in [-0.05, 0) is 54.6 Å².